The van der Waals surface area contributed by atoms with Crippen LogP contribution >= 0.6 is 0 Å². The molecule has 100 valence electrons. The van der Waals surface area contributed by atoms with E-state index in [0.717, 1.165) is 5.56 Å². The molecule has 0 spiro atoms. The lowest BCUT2D eigenvalue weighted by Crippen LogP contribution is -2.31. The summed E-state index contributed by atoms with van der Waals surface area (Å²) in [6.45, 7) is 5.69. The standard InChI is InChI=1S/C13H20N2O3/c1-9(7-10(2)16)14-11(3)12-5-4-6-13(8-12)15(17)18/h4-6,8-11,14,16H,7H2,1-3H3. The van der Waals surface area contributed by atoms with E-state index in [1.165, 1.54) is 6.07 Å². The maximum Gasteiger partial charge on any atom is 0.269 e. The smallest absolute Gasteiger partial charge is 0.269 e. The molecule has 5 nitrogen and oxygen atoms in total. The Morgan fingerprint density at radius 3 is 2.61 bits per heavy atom. The predicted octanol–water partition coefficient (Wildman–Crippen LogP) is 2.40. The Kier molecular flexibility index (Phi) is 5.25. The van der Waals surface area contributed by atoms with Gasteiger partial charge in [0.25, 0.3) is 5.69 Å². The Morgan fingerprint density at radius 1 is 1.39 bits per heavy atom. The quantitative estimate of drug-likeness (QED) is 0.602. The van der Waals surface area contributed by atoms with Crippen LogP contribution in [0.4, 0.5) is 5.69 Å². The zero-order valence-corrected chi connectivity index (χ0v) is 11.0. The zero-order chi connectivity index (χ0) is 13.7. The lowest BCUT2D eigenvalue weighted by atomic mass is 10.1. The van der Waals surface area contributed by atoms with Gasteiger partial charge in [-0.1, -0.05) is 12.1 Å². The zero-order valence-electron chi connectivity index (χ0n) is 11.0. The number of aliphatic hydroxyl groups is 1. The van der Waals surface area contributed by atoms with Gasteiger partial charge in [-0.05, 0) is 32.8 Å². The molecule has 3 atom stereocenters. The van der Waals surface area contributed by atoms with Crippen LogP contribution in [0, 0.1) is 10.1 Å². The minimum absolute atomic E-state index is 0.0126. The summed E-state index contributed by atoms with van der Waals surface area (Å²) in [6, 6.07) is 6.77. The fourth-order valence-corrected chi connectivity index (χ4v) is 2.01. The molecule has 0 aliphatic heterocycles. The molecule has 1 rings (SSSR count). The number of rotatable bonds is 6. The van der Waals surface area contributed by atoms with Crippen LogP contribution in [-0.4, -0.2) is 22.2 Å². The first-order valence-electron chi connectivity index (χ1n) is 6.08. The molecule has 0 amide bonds. The molecular formula is C13H20N2O3. The maximum absolute atomic E-state index is 10.7. The summed E-state index contributed by atoms with van der Waals surface area (Å²) in [4.78, 5) is 10.3. The molecule has 0 aliphatic rings. The number of nitrogens with zero attached hydrogens (tertiary/aromatic N) is 1. The molecule has 1 aromatic rings. The molecule has 0 radical (unpaired) electrons. The minimum atomic E-state index is -0.393. The van der Waals surface area contributed by atoms with E-state index in [0.29, 0.717) is 6.42 Å². The third-order valence-electron chi connectivity index (χ3n) is 2.81. The number of benzene rings is 1. The second-order valence-electron chi connectivity index (χ2n) is 4.73. The van der Waals surface area contributed by atoms with Gasteiger partial charge in [-0.2, -0.15) is 0 Å². The van der Waals surface area contributed by atoms with Crippen molar-refractivity contribution in [2.24, 2.45) is 0 Å². The van der Waals surface area contributed by atoms with Crippen molar-refractivity contribution in [1.82, 2.24) is 5.32 Å². The van der Waals surface area contributed by atoms with Gasteiger partial charge >= 0.3 is 0 Å². The van der Waals surface area contributed by atoms with Gasteiger partial charge in [-0.3, -0.25) is 10.1 Å². The van der Waals surface area contributed by atoms with Gasteiger partial charge in [-0.25, -0.2) is 0 Å². The van der Waals surface area contributed by atoms with Gasteiger partial charge in [0.2, 0.25) is 0 Å². The molecule has 0 aliphatic carbocycles. The molecular weight excluding hydrogens is 232 g/mol. The number of hydrogen-bond acceptors (Lipinski definition) is 4. The van der Waals surface area contributed by atoms with Crippen molar-refractivity contribution >= 4 is 5.69 Å². The van der Waals surface area contributed by atoms with Crippen molar-refractivity contribution in [1.29, 1.82) is 0 Å². The summed E-state index contributed by atoms with van der Waals surface area (Å²) in [6.07, 6.45) is 0.295. The molecule has 0 bridgehead atoms. The SMILES string of the molecule is CC(O)CC(C)NC(C)c1cccc([N+](=O)[O-])c1. The van der Waals surface area contributed by atoms with E-state index in [2.05, 4.69) is 5.32 Å². The highest BCUT2D eigenvalue weighted by atomic mass is 16.6. The normalized spacial score (nSPS) is 16.0. The Balaban J connectivity index is 2.69. The van der Waals surface area contributed by atoms with Crippen LogP contribution in [0.1, 0.15) is 38.8 Å². The number of nitrogens with one attached hydrogen (secondary N) is 1. The number of hydrogen-bond donors (Lipinski definition) is 2. The van der Waals surface area contributed by atoms with Gasteiger partial charge in [0, 0.05) is 24.2 Å². The van der Waals surface area contributed by atoms with E-state index in [4.69, 9.17) is 0 Å². The first kappa shape index (κ1) is 14.6. The second kappa shape index (κ2) is 6.47. The van der Waals surface area contributed by atoms with E-state index >= 15 is 0 Å². The van der Waals surface area contributed by atoms with Crippen LogP contribution < -0.4 is 5.32 Å². The summed E-state index contributed by atoms with van der Waals surface area (Å²) in [7, 11) is 0. The van der Waals surface area contributed by atoms with E-state index in [1.54, 1.807) is 19.1 Å². The van der Waals surface area contributed by atoms with Gasteiger partial charge in [0.15, 0.2) is 0 Å². The number of non-ortho nitro benzene ring substituents is 1. The lowest BCUT2D eigenvalue weighted by molar-refractivity contribution is -0.384. The molecule has 0 aromatic heterocycles. The van der Waals surface area contributed by atoms with Crippen LogP contribution in [0.15, 0.2) is 24.3 Å². The highest BCUT2D eigenvalue weighted by Crippen LogP contribution is 2.19. The first-order chi connectivity index (χ1) is 8.40. The van der Waals surface area contributed by atoms with Crippen molar-refractivity contribution in [2.75, 3.05) is 0 Å². The molecule has 0 heterocycles. The summed E-state index contributed by atoms with van der Waals surface area (Å²) in [5.74, 6) is 0. The fraction of sp³-hybridized carbons (Fsp3) is 0.538. The highest BCUT2D eigenvalue weighted by molar-refractivity contribution is 5.35. The van der Waals surface area contributed by atoms with E-state index < -0.39 is 4.92 Å². The third-order valence-corrected chi connectivity index (χ3v) is 2.81. The molecule has 0 saturated heterocycles. The molecule has 0 saturated carbocycles. The van der Waals surface area contributed by atoms with Crippen LogP contribution in [0.3, 0.4) is 0 Å². The van der Waals surface area contributed by atoms with Crippen molar-refractivity contribution in [3.8, 4) is 0 Å². The van der Waals surface area contributed by atoms with Gasteiger partial charge in [0.05, 0.1) is 11.0 Å². The number of nitro benzene ring substituents is 1. The molecule has 0 fully saturated rings. The van der Waals surface area contributed by atoms with Crippen LogP contribution in [-0.2, 0) is 0 Å². The Labute approximate surface area is 107 Å². The average molecular weight is 252 g/mol. The van der Waals surface area contributed by atoms with Gasteiger partial charge < -0.3 is 10.4 Å². The van der Waals surface area contributed by atoms with Gasteiger partial charge in [-0.15, -0.1) is 0 Å². The second-order valence-corrected chi connectivity index (χ2v) is 4.73. The molecule has 1 aromatic carbocycles. The largest absolute Gasteiger partial charge is 0.393 e. The van der Waals surface area contributed by atoms with Crippen molar-refractivity contribution < 1.29 is 10.0 Å². The molecule has 3 unspecified atom stereocenters. The molecule has 5 heteroatoms. The van der Waals surface area contributed by atoms with E-state index in [9.17, 15) is 15.2 Å². The van der Waals surface area contributed by atoms with Crippen LogP contribution in [0.2, 0.25) is 0 Å². The fourth-order valence-electron chi connectivity index (χ4n) is 2.01. The Bertz CT molecular complexity index is 407. The summed E-state index contributed by atoms with van der Waals surface area (Å²) >= 11 is 0. The minimum Gasteiger partial charge on any atom is -0.393 e. The average Bonchev–Trinajstić information content (AvgIpc) is 2.27. The molecule has 2 N–H and O–H groups in total. The van der Waals surface area contributed by atoms with Gasteiger partial charge in [0.1, 0.15) is 0 Å². The summed E-state index contributed by atoms with van der Waals surface area (Å²) in [5, 5.41) is 23.3. The summed E-state index contributed by atoms with van der Waals surface area (Å²) < 4.78 is 0. The van der Waals surface area contributed by atoms with Crippen molar-refractivity contribution in [2.45, 2.75) is 45.4 Å². The first-order valence-corrected chi connectivity index (χ1v) is 6.08. The number of nitro groups is 1. The van der Waals surface area contributed by atoms with Crippen molar-refractivity contribution in [3.63, 3.8) is 0 Å². The predicted molar refractivity (Wildman–Crippen MR) is 70.4 cm³/mol. The van der Waals surface area contributed by atoms with E-state index in [-0.39, 0.29) is 23.9 Å². The van der Waals surface area contributed by atoms with Crippen molar-refractivity contribution in [3.05, 3.63) is 39.9 Å². The van der Waals surface area contributed by atoms with E-state index in [1.807, 2.05) is 19.9 Å². The Morgan fingerprint density at radius 2 is 2.06 bits per heavy atom. The monoisotopic (exact) mass is 252 g/mol. The van der Waals surface area contributed by atoms with Crippen LogP contribution in [0.25, 0.3) is 0 Å². The third kappa shape index (κ3) is 4.43. The topological polar surface area (TPSA) is 75.4 Å². The summed E-state index contributed by atoms with van der Waals surface area (Å²) in [5.41, 5.74) is 0.978. The highest BCUT2D eigenvalue weighted by Gasteiger charge is 2.13. The maximum atomic E-state index is 10.7. The number of aliphatic hydroxyl groups excluding tert-OH is 1. The Hall–Kier alpha value is -1.46. The lowest BCUT2D eigenvalue weighted by Gasteiger charge is -2.21. The molecule has 18 heavy (non-hydrogen) atoms. The van der Waals surface area contributed by atoms with Crippen LogP contribution in [0.5, 0.6) is 0 Å².